The lowest BCUT2D eigenvalue weighted by molar-refractivity contribution is -0.113. The summed E-state index contributed by atoms with van der Waals surface area (Å²) in [6.07, 6.45) is -0.342. The average Bonchev–Trinajstić information content (AvgIpc) is 3.01. The van der Waals surface area contributed by atoms with Crippen LogP contribution in [0.15, 0.2) is 47.6 Å². The third kappa shape index (κ3) is 5.52. The highest BCUT2D eigenvalue weighted by molar-refractivity contribution is 7.99. The molecule has 1 aromatic heterocycles. The maximum atomic E-state index is 12.3. The Balaban J connectivity index is 1.60. The molecular weight excluding hydrogens is 408 g/mol. The number of ether oxygens (including phenoxy) is 1. The van der Waals surface area contributed by atoms with Crippen LogP contribution in [0.4, 0.5) is 5.69 Å². The first-order valence-corrected chi connectivity index (χ1v) is 10.5. The van der Waals surface area contributed by atoms with E-state index in [9.17, 15) is 4.79 Å². The van der Waals surface area contributed by atoms with Gasteiger partial charge in [0.15, 0.2) is 17.1 Å². The summed E-state index contributed by atoms with van der Waals surface area (Å²) in [6.45, 7) is 5.89. The Kier molecular flexibility index (Phi) is 6.82. The Bertz CT molecular complexity index is 1000. The van der Waals surface area contributed by atoms with Crippen LogP contribution in [0.5, 0.6) is 5.75 Å². The van der Waals surface area contributed by atoms with Crippen LogP contribution in [0.2, 0.25) is 5.02 Å². The number of aryl methyl sites for hydroxylation is 2. The summed E-state index contributed by atoms with van der Waals surface area (Å²) in [5, 5.41) is 12.5. The minimum atomic E-state index is -0.342. The van der Waals surface area contributed by atoms with Crippen molar-refractivity contribution in [1.82, 2.24) is 14.8 Å². The van der Waals surface area contributed by atoms with E-state index in [0.29, 0.717) is 21.8 Å². The van der Waals surface area contributed by atoms with Crippen LogP contribution < -0.4 is 10.1 Å². The Hall–Kier alpha value is -2.51. The molecule has 0 radical (unpaired) electrons. The van der Waals surface area contributed by atoms with E-state index in [2.05, 4.69) is 21.6 Å². The fraction of sp³-hybridized carbons (Fsp3) is 0.286. The van der Waals surface area contributed by atoms with Crippen molar-refractivity contribution in [3.63, 3.8) is 0 Å². The molecule has 0 aliphatic heterocycles. The highest BCUT2D eigenvalue weighted by Gasteiger charge is 2.19. The number of anilines is 1. The minimum Gasteiger partial charge on any atom is -0.481 e. The summed E-state index contributed by atoms with van der Waals surface area (Å²) < 4.78 is 7.74. The first kappa shape index (κ1) is 21.2. The number of halogens is 1. The van der Waals surface area contributed by atoms with Crippen molar-refractivity contribution in [3.05, 3.63) is 64.4 Å². The molecule has 0 unspecified atom stereocenters. The van der Waals surface area contributed by atoms with Crippen LogP contribution in [0.1, 0.15) is 30.0 Å². The first-order chi connectivity index (χ1) is 13.8. The maximum Gasteiger partial charge on any atom is 0.234 e. The lowest BCUT2D eigenvalue weighted by Gasteiger charge is -2.15. The second kappa shape index (κ2) is 9.33. The standard InChI is InChI=1S/C21H23ClN4O2S/c1-13-9-14(2)11-16(10-13)23-19(27)12-29-21-25-24-20(26(21)4)15(3)28-18-8-6-5-7-17(18)22/h5-11,15H,12H2,1-4H3,(H,23,27)/t15-/m1/s1. The summed E-state index contributed by atoms with van der Waals surface area (Å²) >= 11 is 7.48. The number of hydrogen-bond donors (Lipinski definition) is 1. The summed E-state index contributed by atoms with van der Waals surface area (Å²) in [5.41, 5.74) is 3.02. The molecule has 0 saturated carbocycles. The van der Waals surface area contributed by atoms with Gasteiger partial charge in [0.1, 0.15) is 5.75 Å². The number of nitrogens with zero attached hydrogens (tertiary/aromatic N) is 3. The molecule has 29 heavy (non-hydrogen) atoms. The maximum absolute atomic E-state index is 12.3. The quantitative estimate of drug-likeness (QED) is 0.536. The average molecular weight is 431 g/mol. The van der Waals surface area contributed by atoms with Crippen molar-refractivity contribution in [2.45, 2.75) is 32.0 Å². The monoisotopic (exact) mass is 430 g/mol. The zero-order valence-corrected chi connectivity index (χ0v) is 18.3. The minimum absolute atomic E-state index is 0.0927. The fourth-order valence-corrected chi connectivity index (χ4v) is 3.86. The normalized spacial score (nSPS) is 11.9. The molecule has 0 saturated heterocycles. The molecular formula is C21H23ClN4O2S. The smallest absolute Gasteiger partial charge is 0.234 e. The van der Waals surface area contributed by atoms with E-state index in [1.807, 2.05) is 62.7 Å². The number of benzene rings is 2. The van der Waals surface area contributed by atoms with E-state index in [0.717, 1.165) is 16.8 Å². The Morgan fingerprint density at radius 1 is 1.21 bits per heavy atom. The molecule has 1 atom stereocenters. The Labute approximate surface area is 179 Å². The summed E-state index contributed by atoms with van der Waals surface area (Å²) in [6, 6.07) is 13.3. The molecule has 2 aromatic carbocycles. The molecule has 0 spiro atoms. The van der Waals surface area contributed by atoms with Gasteiger partial charge in [-0.2, -0.15) is 0 Å². The van der Waals surface area contributed by atoms with Gasteiger partial charge in [-0.3, -0.25) is 4.79 Å². The lowest BCUT2D eigenvalue weighted by Crippen LogP contribution is -2.15. The fourth-order valence-electron chi connectivity index (χ4n) is 2.96. The first-order valence-electron chi connectivity index (χ1n) is 9.15. The molecule has 3 aromatic rings. The molecule has 0 bridgehead atoms. The predicted octanol–water partition coefficient (Wildman–Crippen LogP) is 4.96. The van der Waals surface area contributed by atoms with Gasteiger partial charge in [-0.25, -0.2) is 0 Å². The van der Waals surface area contributed by atoms with Crippen molar-refractivity contribution < 1.29 is 9.53 Å². The summed E-state index contributed by atoms with van der Waals surface area (Å²) in [4.78, 5) is 12.3. The predicted molar refractivity (Wildman–Crippen MR) is 117 cm³/mol. The molecule has 8 heteroatoms. The molecule has 1 amide bonds. The summed E-state index contributed by atoms with van der Waals surface area (Å²) in [7, 11) is 1.85. The zero-order valence-electron chi connectivity index (χ0n) is 16.8. The van der Waals surface area contributed by atoms with Crippen LogP contribution in [0, 0.1) is 13.8 Å². The third-order valence-electron chi connectivity index (χ3n) is 4.21. The third-order valence-corrected chi connectivity index (χ3v) is 5.54. The van der Waals surface area contributed by atoms with Crippen molar-refractivity contribution in [2.75, 3.05) is 11.1 Å². The van der Waals surface area contributed by atoms with Gasteiger partial charge in [-0.05, 0) is 56.2 Å². The van der Waals surface area contributed by atoms with Crippen LogP contribution in [0.25, 0.3) is 0 Å². The zero-order chi connectivity index (χ0) is 21.0. The van der Waals surface area contributed by atoms with E-state index >= 15 is 0 Å². The van der Waals surface area contributed by atoms with Crippen LogP contribution in [-0.2, 0) is 11.8 Å². The molecule has 0 fully saturated rings. The molecule has 0 aliphatic rings. The largest absolute Gasteiger partial charge is 0.481 e. The molecule has 1 heterocycles. The highest BCUT2D eigenvalue weighted by atomic mass is 35.5. The SMILES string of the molecule is Cc1cc(C)cc(NC(=O)CSc2nnc([C@@H](C)Oc3ccccc3Cl)n2C)c1. The van der Waals surface area contributed by atoms with E-state index in [4.69, 9.17) is 16.3 Å². The topological polar surface area (TPSA) is 69.0 Å². The molecule has 6 nitrogen and oxygen atoms in total. The van der Waals surface area contributed by atoms with Crippen LogP contribution >= 0.6 is 23.4 Å². The van der Waals surface area contributed by atoms with Gasteiger partial charge in [0.05, 0.1) is 10.8 Å². The molecule has 1 N–H and O–H groups in total. The Morgan fingerprint density at radius 3 is 2.59 bits per heavy atom. The number of para-hydroxylation sites is 1. The van der Waals surface area contributed by atoms with Crippen molar-refractivity contribution >= 4 is 35.0 Å². The second-order valence-electron chi connectivity index (χ2n) is 6.80. The summed E-state index contributed by atoms with van der Waals surface area (Å²) in [5.74, 6) is 1.39. The molecule has 0 aliphatic carbocycles. The van der Waals surface area contributed by atoms with Gasteiger partial charge in [-0.1, -0.05) is 41.6 Å². The number of amides is 1. The van der Waals surface area contributed by atoms with Crippen molar-refractivity contribution in [1.29, 1.82) is 0 Å². The van der Waals surface area contributed by atoms with Crippen LogP contribution in [0.3, 0.4) is 0 Å². The van der Waals surface area contributed by atoms with Gasteiger partial charge < -0.3 is 14.6 Å². The van der Waals surface area contributed by atoms with E-state index < -0.39 is 0 Å². The number of rotatable bonds is 7. The number of aromatic nitrogens is 3. The number of nitrogens with one attached hydrogen (secondary N) is 1. The number of carbonyl (C=O) groups excluding carboxylic acids is 1. The second-order valence-corrected chi connectivity index (χ2v) is 8.15. The highest BCUT2D eigenvalue weighted by Crippen LogP contribution is 2.29. The lowest BCUT2D eigenvalue weighted by atomic mass is 10.1. The van der Waals surface area contributed by atoms with Crippen molar-refractivity contribution in [2.24, 2.45) is 7.05 Å². The van der Waals surface area contributed by atoms with E-state index in [-0.39, 0.29) is 17.8 Å². The van der Waals surface area contributed by atoms with Crippen LogP contribution in [-0.4, -0.2) is 26.4 Å². The number of hydrogen-bond acceptors (Lipinski definition) is 5. The number of thioether (sulfide) groups is 1. The van der Waals surface area contributed by atoms with Gasteiger partial charge in [0.25, 0.3) is 0 Å². The van der Waals surface area contributed by atoms with E-state index in [1.54, 1.807) is 6.07 Å². The van der Waals surface area contributed by atoms with Gasteiger partial charge in [0.2, 0.25) is 5.91 Å². The molecule has 3 rings (SSSR count). The van der Waals surface area contributed by atoms with Crippen molar-refractivity contribution in [3.8, 4) is 5.75 Å². The Morgan fingerprint density at radius 2 is 1.90 bits per heavy atom. The van der Waals surface area contributed by atoms with E-state index in [1.165, 1.54) is 11.8 Å². The molecule has 152 valence electrons. The van der Waals surface area contributed by atoms with Gasteiger partial charge >= 0.3 is 0 Å². The van der Waals surface area contributed by atoms with Gasteiger partial charge in [0, 0.05) is 12.7 Å². The number of carbonyl (C=O) groups is 1. The van der Waals surface area contributed by atoms with Gasteiger partial charge in [-0.15, -0.1) is 10.2 Å².